The second kappa shape index (κ2) is 31.9. The monoisotopic (exact) mass is 1770 g/mol. The van der Waals surface area contributed by atoms with E-state index in [4.69, 9.17) is 44.9 Å². The summed E-state index contributed by atoms with van der Waals surface area (Å²) in [5.41, 5.74) is 31.6. The van der Waals surface area contributed by atoms with Crippen LogP contribution in [0.15, 0.2) is 461 Å². The lowest BCUT2D eigenvalue weighted by Gasteiger charge is -2.16. The number of hydrogen-bond donors (Lipinski definition) is 0. The second-order valence-electron chi connectivity index (χ2n) is 35.7. The maximum atomic E-state index is 5.21. The van der Waals surface area contributed by atoms with Crippen LogP contribution in [0.2, 0.25) is 0 Å². The fourth-order valence-electron chi connectivity index (χ4n) is 21.9. The van der Waals surface area contributed by atoms with Gasteiger partial charge in [0.2, 0.25) is 5.95 Å². The van der Waals surface area contributed by atoms with Gasteiger partial charge in [0, 0.05) is 82.5 Å². The Morgan fingerprint density at radius 2 is 0.388 bits per heavy atom. The van der Waals surface area contributed by atoms with Crippen LogP contribution >= 0.6 is 0 Å². The van der Waals surface area contributed by atoms with Crippen LogP contribution in [0.25, 0.3) is 284 Å². The summed E-state index contributed by atoms with van der Waals surface area (Å²) in [5, 5.41) is 17.5. The summed E-state index contributed by atoms with van der Waals surface area (Å²) in [6.07, 6.45) is 0. The summed E-state index contributed by atoms with van der Waals surface area (Å²) in [6, 6.07) is 162. The fourth-order valence-corrected chi connectivity index (χ4v) is 21.9. The van der Waals surface area contributed by atoms with Gasteiger partial charge in [-0.1, -0.05) is 394 Å². The lowest BCUT2D eigenvalue weighted by Crippen LogP contribution is -2.06. The van der Waals surface area contributed by atoms with Crippen LogP contribution in [0.3, 0.4) is 0 Å². The minimum absolute atomic E-state index is 0.606. The maximum absolute atomic E-state index is 5.21. The molecule has 12 heteroatoms. The lowest BCUT2D eigenvalue weighted by molar-refractivity contribution is 0.954. The number of hydrogen-bond acceptors (Lipinski definition) is 9. The average Bonchev–Trinajstić information content (AvgIpc) is 1.55. The van der Waals surface area contributed by atoms with Gasteiger partial charge in [0.05, 0.1) is 38.8 Å². The maximum Gasteiger partial charge on any atom is 0.238 e. The van der Waals surface area contributed by atoms with E-state index in [0.29, 0.717) is 52.5 Å². The van der Waals surface area contributed by atoms with Gasteiger partial charge in [-0.3, -0.25) is 4.57 Å². The molecule has 3 aliphatic carbocycles. The standard InChI is InChI=1S/2C43H26N4.C41H24N4/c1-3-12-28(13-4-1)41-44-42(29-14-5-2-6-15-29)46-43(45-41)30-17-9-18-31(26-30)47-36-23-11-22-35-33-20-8-7-19-32(33)34-21-10-16-27-24-25-37(47)40(38(27)34)39(35)36;1-3-13-28(14-4-1)41-44-42(29-15-5-2-6-16-29)46-43(45-41)34-20-9-10-23-35(34)47-36-24-12-22-33-31-19-8-7-18-30(31)32-21-11-17-27-25-26-37(47)40(38(27)32)39(33)36;1-2-11-27(12-3-1)39-42-40(29-21-20-25-10-4-5-13-28(25)24-29)44-41(43-39)45-34-19-9-18-33-31-16-7-6-15-30(31)32-17-8-14-26-22-23-35(45)38(36(26)32)37(33)34/h2*1-26H;1-24H. The van der Waals surface area contributed by atoms with Crippen molar-refractivity contribution in [1.29, 1.82) is 0 Å². The van der Waals surface area contributed by atoms with E-state index >= 15 is 0 Å². The summed E-state index contributed by atoms with van der Waals surface area (Å²) >= 11 is 0. The van der Waals surface area contributed by atoms with E-state index in [9.17, 15) is 0 Å². The predicted octanol–water partition coefficient (Wildman–Crippen LogP) is 31.8. The Balaban J connectivity index is 0.000000103. The molecule has 0 saturated heterocycles. The Labute approximate surface area is 797 Å². The molecule has 139 heavy (non-hydrogen) atoms. The number of nitrogens with zero attached hydrogens (tertiary/aromatic N) is 12. The molecular weight excluding hydrogens is 1690 g/mol. The third kappa shape index (κ3) is 12.7. The highest BCUT2D eigenvalue weighted by Crippen LogP contribution is 2.55. The Hall–Kier alpha value is -18.9. The zero-order chi connectivity index (χ0) is 91.3. The summed E-state index contributed by atoms with van der Waals surface area (Å²) < 4.78 is 7.04. The van der Waals surface area contributed by atoms with Crippen LogP contribution in [0.5, 0.6) is 0 Å². The van der Waals surface area contributed by atoms with Crippen molar-refractivity contribution < 1.29 is 0 Å². The minimum Gasteiger partial charge on any atom is -0.309 e. The Kier molecular flexibility index (Phi) is 18.1. The highest BCUT2D eigenvalue weighted by atomic mass is 15.2. The molecule has 3 aliphatic rings. The summed E-state index contributed by atoms with van der Waals surface area (Å²) in [5.74, 6) is 5.79. The smallest absolute Gasteiger partial charge is 0.238 e. The van der Waals surface area contributed by atoms with Gasteiger partial charge in [-0.2, -0.15) is 9.97 Å². The molecule has 0 N–H and O–H groups in total. The van der Waals surface area contributed by atoms with Crippen molar-refractivity contribution in [1.82, 2.24) is 58.6 Å². The third-order valence-electron chi connectivity index (χ3n) is 27.9. The van der Waals surface area contributed by atoms with Gasteiger partial charge in [-0.05, 0) is 177 Å². The first-order valence-corrected chi connectivity index (χ1v) is 47.0. The SMILES string of the molecule is c1ccc(-c2nc(-c3ccc4ccccc4c3)nc(-n3c4cccc5c4c4c6c(cccc6ccc43)-c3ccccc3-5)n2)cc1.c1ccc(-c2nc(-c3ccccc3)nc(-c3cccc(-n4c5cccc6c5c5c7c(cccc7ccc54)-c4ccccc4-6)c3)n2)cc1.c1ccc(-c2nc(-c3ccccc3)nc(-c3ccccc3-n3c4cccc5c4c4c6c(cccc6ccc43)-c3ccccc3-5)n2)cc1. The van der Waals surface area contributed by atoms with E-state index in [2.05, 4.69) is 335 Å². The van der Waals surface area contributed by atoms with Gasteiger partial charge in [0.25, 0.3) is 0 Å². The van der Waals surface area contributed by atoms with Crippen LogP contribution in [0.4, 0.5) is 0 Å². The molecule has 0 saturated carbocycles. The molecule has 0 unspecified atom stereocenters. The predicted molar refractivity (Wildman–Crippen MR) is 569 cm³/mol. The highest BCUT2D eigenvalue weighted by Gasteiger charge is 2.32. The van der Waals surface area contributed by atoms with E-state index in [1.165, 1.54) is 148 Å². The van der Waals surface area contributed by atoms with Crippen LogP contribution in [0, 0.1) is 0 Å². The molecule has 27 aromatic rings. The van der Waals surface area contributed by atoms with Crippen LogP contribution < -0.4 is 0 Å². The highest BCUT2D eigenvalue weighted by molar-refractivity contribution is 6.34. The first-order chi connectivity index (χ1) is 69.0. The number of fused-ring (bicyclic) bond motifs is 10. The average molecular weight is 1770 g/mol. The minimum atomic E-state index is 0.606. The molecule has 6 aromatic heterocycles. The molecule has 21 aromatic carbocycles. The topological polar surface area (TPSA) is 131 Å². The largest absolute Gasteiger partial charge is 0.309 e. The van der Waals surface area contributed by atoms with Gasteiger partial charge in [0.1, 0.15) is 0 Å². The van der Waals surface area contributed by atoms with E-state index in [-0.39, 0.29) is 0 Å². The summed E-state index contributed by atoms with van der Waals surface area (Å²) in [4.78, 5) is 45.5. The molecule has 12 nitrogen and oxygen atoms in total. The van der Waals surface area contributed by atoms with E-state index in [1.54, 1.807) is 0 Å². The number of aromatic nitrogens is 12. The molecule has 0 spiro atoms. The van der Waals surface area contributed by atoms with Gasteiger partial charge >= 0.3 is 0 Å². The first kappa shape index (κ1) is 78.7. The Morgan fingerprint density at radius 1 is 0.129 bits per heavy atom. The number of benzene rings is 21. The Bertz CT molecular complexity index is 9660. The molecule has 0 atom stereocenters. The molecule has 0 aliphatic heterocycles. The molecule has 0 amide bonds. The summed E-state index contributed by atoms with van der Waals surface area (Å²) in [7, 11) is 0. The van der Waals surface area contributed by atoms with Crippen molar-refractivity contribution >= 4 is 109 Å². The molecule has 0 radical (unpaired) electrons. The zero-order valence-electron chi connectivity index (χ0n) is 74.7. The van der Waals surface area contributed by atoms with Crippen LogP contribution in [0.1, 0.15) is 0 Å². The normalized spacial score (nSPS) is 11.9. The molecule has 644 valence electrons. The van der Waals surface area contributed by atoms with Gasteiger partial charge < -0.3 is 9.13 Å². The van der Waals surface area contributed by atoms with Crippen molar-refractivity contribution in [3.63, 3.8) is 0 Å². The van der Waals surface area contributed by atoms with Crippen molar-refractivity contribution in [2.24, 2.45) is 0 Å². The fraction of sp³-hybridized carbons (Fsp3) is 0. The van der Waals surface area contributed by atoms with Crippen molar-refractivity contribution in [2.75, 3.05) is 0 Å². The zero-order valence-corrected chi connectivity index (χ0v) is 74.7. The number of rotatable bonds is 11. The first-order valence-electron chi connectivity index (χ1n) is 47.0. The molecule has 0 bridgehead atoms. The van der Waals surface area contributed by atoms with E-state index in [0.717, 1.165) is 83.3 Å². The van der Waals surface area contributed by atoms with Crippen molar-refractivity contribution in [3.8, 4) is 175 Å². The molecule has 30 rings (SSSR count). The van der Waals surface area contributed by atoms with E-state index < -0.39 is 0 Å². The molecule has 0 fully saturated rings. The van der Waals surface area contributed by atoms with Crippen LogP contribution in [-0.4, -0.2) is 58.6 Å². The van der Waals surface area contributed by atoms with Crippen LogP contribution in [-0.2, 0) is 0 Å². The van der Waals surface area contributed by atoms with Gasteiger partial charge in [-0.15, -0.1) is 0 Å². The summed E-state index contributed by atoms with van der Waals surface area (Å²) in [6.45, 7) is 0. The second-order valence-corrected chi connectivity index (χ2v) is 35.7. The quantitative estimate of drug-likeness (QED) is 0.124. The molecule has 6 heterocycles. The van der Waals surface area contributed by atoms with Crippen molar-refractivity contribution in [2.45, 2.75) is 0 Å². The van der Waals surface area contributed by atoms with Gasteiger partial charge in [0.15, 0.2) is 46.6 Å². The molecular formula is C127H76N12. The third-order valence-corrected chi connectivity index (χ3v) is 27.9. The number of para-hydroxylation sites is 1. The Morgan fingerprint density at radius 3 is 0.806 bits per heavy atom. The lowest BCUT2D eigenvalue weighted by atomic mass is 9.93. The van der Waals surface area contributed by atoms with E-state index in [1.807, 2.05) is 140 Å². The van der Waals surface area contributed by atoms with Crippen molar-refractivity contribution in [3.05, 3.63) is 461 Å². The van der Waals surface area contributed by atoms with Gasteiger partial charge in [-0.25, -0.2) is 34.9 Å².